The Morgan fingerprint density at radius 1 is 1.08 bits per heavy atom. The quantitative estimate of drug-likeness (QED) is 0.327. The molecular formula is C25H30N6O4S. The van der Waals surface area contributed by atoms with Gasteiger partial charge in [0.15, 0.2) is 0 Å². The number of nitrogens with zero attached hydrogens (tertiary/aromatic N) is 2. The lowest BCUT2D eigenvalue weighted by molar-refractivity contribution is -0.117. The molecule has 190 valence electrons. The fourth-order valence-electron chi connectivity index (χ4n) is 3.93. The number of benzene rings is 2. The number of sulfonamides is 1. The highest BCUT2D eigenvalue weighted by atomic mass is 32.2. The monoisotopic (exact) mass is 510 g/mol. The van der Waals surface area contributed by atoms with Gasteiger partial charge in [-0.3, -0.25) is 9.52 Å². The van der Waals surface area contributed by atoms with Crippen molar-refractivity contribution in [1.29, 1.82) is 0 Å². The smallest absolute Gasteiger partial charge is 0.229 e. The average Bonchev–Trinajstić information content (AvgIpc) is 2.84. The summed E-state index contributed by atoms with van der Waals surface area (Å²) in [7, 11) is -3.37. The zero-order chi connectivity index (χ0) is 25.5. The van der Waals surface area contributed by atoms with Gasteiger partial charge in [0.05, 0.1) is 25.9 Å². The molecule has 0 saturated carbocycles. The minimum Gasteiger partial charge on any atom is -0.381 e. The zero-order valence-electron chi connectivity index (χ0n) is 20.0. The average molecular weight is 511 g/mol. The number of aromatic nitrogens is 1. The molecule has 2 heterocycles. The molecule has 0 radical (unpaired) electrons. The Bertz CT molecular complexity index is 1310. The number of carbonyl (C=O) groups is 1. The minimum absolute atomic E-state index is 0.0412. The molecule has 1 fully saturated rings. The van der Waals surface area contributed by atoms with Gasteiger partial charge in [-0.2, -0.15) is 0 Å². The van der Waals surface area contributed by atoms with E-state index in [0.717, 1.165) is 49.5 Å². The molecule has 0 spiro atoms. The third-order valence-electron chi connectivity index (χ3n) is 5.58. The van der Waals surface area contributed by atoms with E-state index in [9.17, 15) is 13.2 Å². The Labute approximate surface area is 210 Å². The van der Waals surface area contributed by atoms with Gasteiger partial charge in [0.1, 0.15) is 5.82 Å². The van der Waals surface area contributed by atoms with Gasteiger partial charge in [-0.05, 0) is 42.0 Å². The molecule has 2 aromatic carbocycles. The van der Waals surface area contributed by atoms with Gasteiger partial charge < -0.3 is 26.0 Å². The third-order valence-corrected chi connectivity index (χ3v) is 6.19. The number of morpholine rings is 1. The molecule has 1 aliphatic rings. The van der Waals surface area contributed by atoms with Gasteiger partial charge >= 0.3 is 0 Å². The number of carbonyl (C=O) groups excluding carboxylic acids is 1. The number of nitrogens with one attached hydrogen (secondary N) is 3. The molecule has 0 atom stereocenters. The number of anilines is 5. The number of rotatable bonds is 10. The third kappa shape index (κ3) is 7.33. The van der Waals surface area contributed by atoms with Crippen LogP contribution >= 0.6 is 0 Å². The molecule has 1 saturated heterocycles. The minimum atomic E-state index is -3.37. The first-order chi connectivity index (χ1) is 17.2. The molecule has 5 N–H and O–H groups in total. The molecule has 0 unspecified atom stereocenters. The van der Waals surface area contributed by atoms with Crippen LogP contribution in [0.4, 0.5) is 28.6 Å². The summed E-state index contributed by atoms with van der Waals surface area (Å²) < 4.78 is 31.0. The highest BCUT2D eigenvalue weighted by Gasteiger charge is 2.12. The fraction of sp³-hybridized carbons (Fsp3) is 0.280. The standard InChI is InChI=1S/C25H30N6O4S/c1-36(33,34)30-21-4-2-3-18(13-21)16-27-23-15-25(28-17-19(23)14-24(26)32)29-20-5-7-22(8-6-20)31-9-11-35-12-10-31/h2-8,13,15,17,30H,9-12,14,16H2,1H3,(H2,26,32)(H2,27,28,29). The first-order valence-electron chi connectivity index (χ1n) is 11.5. The molecule has 0 aliphatic carbocycles. The maximum Gasteiger partial charge on any atom is 0.229 e. The molecule has 36 heavy (non-hydrogen) atoms. The van der Waals surface area contributed by atoms with Crippen molar-refractivity contribution in [3.05, 3.63) is 71.9 Å². The van der Waals surface area contributed by atoms with E-state index in [-0.39, 0.29) is 6.42 Å². The highest BCUT2D eigenvalue weighted by Crippen LogP contribution is 2.25. The van der Waals surface area contributed by atoms with Gasteiger partial charge in [-0.25, -0.2) is 13.4 Å². The van der Waals surface area contributed by atoms with Crippen LogP contribution in [0.15, 0.2) is 60.8 Å². The predicted molar refractivity (Wildman–Crippen MR) is 142 cm³/mol. The van der Waals surface area contributed by atoms with Crippen molar-refractivity contribution in [3.63, 3.8) is 0 Å². The van der Waals surface area contributed by atoms with E-state index in [4.69, 9.17) is 10.5 Å². The lowest BCUT2D eigenvalue weighted by Crippen LogP contribution is -2.36. The normalized spacial score (nSPS) is 13.8. The van der Waals surface area contributed by atoms with Crippen LogP contribution in [0.3, 0.4) is 0 Å². The molecule has 1 aliphatic heterocycles. The zero-order valence-corrected chi connectivity index (χ0v) is 20.8. The van der Waals surface area contributed by atoms with Crippen LogP contribution in [-0.2, 0) is 32.5 Å². The van der Waals surface area contributed by atoms with Crippen LogP contribution in [-0.4, -0.2) is 51.9 Å². The maximum atomic E-state index is 11.6. The van der Waals surface area contributed by atoms with E-state index in [2.05, 4.69) is 37.4 Å². The molecular weight excluding hydrogens is 480 g/mol. The number of nitrogens with two attached hydrogens (primary N) is 1. The van der Waals surface area contributed by atoms with Crippen molar-refractivity contribution in [1.82, 2.24) is 4.98 Å². The summed E-state index contributed by atoms with van der Waals surface area (Å²) in [6.45, 7) is 3.62. The number of hydrogen-bond acceptors (Lipinski definition) is 8. The Hall–Kier alpha value is -3.83. The number of ether oxygens (including phenoxy) is 1. The van der Waals surface area contributed by atoms with Gasteiger partial charge in [0.25, 0.3) is 0 Å². The van der Waals surface area contributed by atoms with Crippen molar-refractivity contribution in [2.24, 2.45) is 5.73 Å². The van der Waals surface area contributed by atoms with Crippen molar-refractivity contribution >= 4 is 44.5 Å². The molecule has 10 nitrogen and oxygen atoms in total. The second kappa shape index (κ2) is 11.3. The molecule has 1 amide bonds. The summed E-state index contributed by atoms with van der Waals surface area (Å²) in [6.07, 6.45) is 2.77. The lowest BCUT2D eigenvalue weighted by atomic mass is 10.1. The Morgan fingerprint density at radius 3 is 2.53 bits per heavy atom. The Morgan fingerprint density at radius 2 is 1.83 bits per heavy atom. The van der Waals surface area contributed by atoms with Crippen molar-refractivity contribution < 1.29 is 17.9 Å². The summed E-state index contributed by atoms with van der Waals surface area (Å²) in [5.41, 5.74) is 10.2. The van der Waals surface area contributed by atoms with Gasteiger partial charge in [-0.1, -0.05) is 12.1 Å². The predicted octanol–water partition coefficient (Wildman–Crippen LogP) is 2.67. The van der Waals surface area contributed by atoms with Crippen LogP contribution in [0.25, 0.3) is 0 Å². The van der Waals surface area contributed by atoms with Crippen molar-refractivity contribution in [2.75, 3.05) is 52.8 Å². The number of pyridine rings is 1. The van der Waals surface area contributed by atoms with Crippen LogP contribution in [0.5, 0.6) is 0 Å². The summed E-state index contributed by atoms with van der Waals surface area (Å²) in [5, 5.41) is 6.62. The first kappa shape index (κ1) is 25.3. The van der Waals surface area contributed by atoms with Crippen LogP contribution in [0.2, 0.25) is 0 Å². The number of hydrogen-bond donors (Lipinski definition) is 4. The van der Waals surface area contributed by atoms with Crippen molar-refractivity contribution in [3.8, 4) is 0 Å². The molecule has 0 bridgehead atoms. The van der Waals surface area contributed by atoms with Crippen LogP contribution in [0.1, 0.15) is 11.1 Å². The Balaban J connectivity index is 1.48. The molecule has 4 rings (SSSR count). The largest absolute Gasteiger partial charge is 0.381 e. The topological polar surface area (TPSA) is 139 Å². The van der Waals surface area contributed by atoms with E-state index in [1.165, 1.54) is 0 Å². The van der Waals surface area contributed by atoms with E-state index in [1.54, 1.807) is 24.4 Å². The summed E-state index contributed by atoms with van der Waals surface area (Å²) in [5.74, 6) is 0.149. The van der Waals surface area contributed by atoms with Gasteiger partial charge in [-0.15, -0.1) is 0 Å². The fourth-order valence-corrected chi connectivity index (χ4v) is 4.48. The highest BCUT2D eigenvalue weighted by molar-refractivity contribution is 7.92. The molecule has 1 aromatic heterocycles. The number of primary amides is 1. The van der Waals surface area contributed by atoms with Crippen molar-refractivity contribution in [2.45, 2.75) is 13.0 Å². The van der Waals surface area contributed by atoms with Gasteiger partial charge in [0.2, 0.25) is 15.9 Å². The van der Waals surface area contributed by atoms with Crippen LogP contribution in [0, 0.1) is 0 Å². The van der Waals surface area contributed by atoms with E-state index in [0.29, 0.717) is 29.3 Å². The SMILES string of the molecule is CS(=O)(=O)Nc1cccc(CNc2cc(Nc3ccc(N4CCOCC4)cc3)ncc2CC(N)=O)c1. The van der Waals surface area contributed by atoms with E-state index in [1.807, 2.05) is 24.3 Å². The molecule has 11 heteroatoms. The summed E-state index contributed by atoms with van der Waals surface area (Å²) in [4.78, 5) is 18.3. The van der Waals surface area contributed by atoms with Crippen LogP contribution < -0.4 is 26.0 Å². The summed E-state index contributed by atoms with van der Waals surface area (Å²) in [6, 6.07) is 17.0. The number of amides is 1. The lowest BCUT2D eigenvalue weighted by Gasteiger charge is -2.28. The van der Waals surface area contributed by atoms with E-state index >= 15 is 0 Å². The maximum absolute atomic E-state index is 11.6. The Kier molecular flexibility index (Phi) is 7.91. The van der Waals surface area contributed by atoms with E-state index < -0.39 is 15.9 Å². The van der Waals surface area contributed by atoms with Gasteiger partial charge in [0, 0.05) is 60.2 Å². The summed E-state index contributed by atoms with van der Waals surface area (Å²) >= 11 is 0. The second-order valence-electron chi connectivity index (χ2n) is 8.57. The first-order valence-corrected chi connectivity index (χ1v) is 13.4. The second-order valence-corrected chi connectivity index (χ2v) is 10.3. The molecule has 3 aromatic rings.